The topological polar surface area (TPSA) is 18.5 Å². The minimum Gasteiger partial charge on any atom is -1.00 e. The lowest BCUT2D eigenvalue weighted by molar-refractivity contribution is -0.956. The Morgan fingerprint density at radius 1 is 0.806 bits per heavy atom. The summed E-state index contributed by atoms with van der Waals surface area (Å²) >= 11 is 0. The predicted octanol–water partition coefficient (Wildman–Crippen LogP) is 3.50. The van der Waals surface area contributed by atoms with Crippen molar-refractivity contribution in [2.24, 2.45) is 11.8 Å². The molecule has 2 aromatic rings. The highest BCUT2D eigenvalue weighted by Gasteiger charge is 2.49. The Balaban J connectivity index is 0.00000480. The lowest BCUT2D eigenvalue weighted by Crippen LogP contribution is -3.00. The van der Waals surface area contributed by atoms with Crippen LogP contribution >= 0.6 is 0 Å². The van der Waals surface area contributed by atoms with E-state index in [0.717, 1.165) is 29.6 Å². The minimum atomic E-state index is -0.296. The van der Waals surface area contributed by atoms with Gasteiger partial charge in [0.1, 0.15) is 17.8 Å². The van der Waals surface area contributed by atoms with E-state index in [1.165, 1.54) is 5.56 Å². The van der Waals surface area contributed by atoms with Crippen LogP contribution in [0.2, 0.25) is 0 Å². The van der Waals surface area contributed by atoms with Crippen LogP contribution in [-0.4, -0.2) is 38.0 Å². The molecule has 1 atom stereocenters. The number of ether oxygens (including phenoxy) is 2. The fourth-order valence-electron chi connectivity index (χ4n) is 4.77. The summed E-state index contributed by atoms with van der Waals surface area (Å²) in [5, 5.41) is 0. The van der Waals surface area contributed by atoms with Gasteiger partial charge in [-0.15, -0.1) is 0 Å². The first-order chi connectivity index (χ1) is 14.2. The highest BCUT2D eigenvalue weighted by molar-refractivity contribution is 5.23. The average molecular weight is 448 g/mol. The summed E-state index contributed by atoms with van der Waals surface area (Å²) in [5.74, 6) is 2.03. The van der Waals surface area contributed by atoms with Crippen LogP contribution in [0.5, 0.6) is 5.75 Å². The van der Waals surface area contributed by atoms with Crippen molar-refractivity contribution < 1.29 is 26.4 Å². The average Bonchev–Trinajstić information content (AvgIpc) is 2.68. The van der Waals surface area contributed by atoms with E-state index in [2.05, 4.69) is 72.1 Å². The zero-order chi connectivity index (χ0) is 22.2. The molecule has 0 fully saturated rings. The second kappa shape index (κ2) is 12.5. The van der Waals surface area contributed by atoms with Crippen LogP contribution in [0.1, 0.15) is 53.0 Å². The maximum absolute atomic E-state index is 6.29. The maximum Gasteiger partial charge on any atom is 0.249 e. The molecular formula is C27H42ClNO2. The molecule has 31 heavy (non-hydrogen) atoms. The molecule has 0 radical (unpaired) electrons. The Hall–Kier alpha value is -1.55. The van der Waals surface area contributed by atoms with Gasteiger partial charge in [-0.25, -0.2) is 0 Å². The molecule has 2 aromatic carbocycles. The molecule has 0 aliphatic heterocycles. The molecule has 0 bridgehead atoms. The second-order valence-corrected chi connectivity index (χ2v) is 9.78. The van der Waals surface area contributed by atoms with Gasteiger partial charge < -0.3 is 26.4 Å². The molecule has 0 N–H and O–H groups in total. The van der Waals surface area contributed by atoms with Gasteiger partial charge in [0.15, 0.2) is 0 Å². The fraction of sp³-hybridized carbons (Fsp3) is 0.556. The van der Waals surface area contributed by atoms with Gasteiger partial charge in [-0.2, -0.15) is 0 Å². The molecule has 0 spiro atoms. The van der Waals surface area contributed by atoms with Crippen LogP contribution < -0.4 is 17.1 Å². The number of quaternary nitrogens is 1. The van der Waals surface area contributed by atoms with Crippen LogP contribution in [0.15, 0.2) is 60.7 Å². The molecule has 3 nitrogen and oxygen atoms in total. The monoisotopic (exact) mass is 447 g/mol. The van der Waals surface area contributed by atoms with E-state index in [9.17, 15) is 0 Å². The van der Waals surface area contributed by atoms with Crippen LogP contribution in [-0.2, 0) is 10.3 Å². The molecular weight excluding hydrogens is 406 g/mol. The van der Waals surface area contributed by atoms with E-state index in [-0.39, 0.29) is 24.2 Å². The van der Waals surface area contributed by atoms with Gasteiger partial charge >= 0.3 is 0 Å². The fourth-order valence-corrected chi connectivity index (χ4v) is 4.77. The highest BCUT2D eigenvalue weighted by atomic mass is 35.5. The first-order valence-corrected chi connectivity index (χ1v) is 11.4. The number of hydrogen-bond acceptors (Lipinski definition) is 2. The second-order valence-electron chi connectivity index (χ2n) is 9.78. The number of rotatable bonds is 12. The summed E-state index contributed by atoms with van der Waals surface area (Å²) in [6, 6.07) is 21.1. The Bertz CT molecular complexity index is 721. The standard InChI is InChI=1S/C27H42NO2.ClH/c1-8-29-26(30-25-17-13-10-14-18-25)21-28(6,7)27(19-22(2)3,20-23(4)5)24-15-11-9-12-16-24;/h9-18,22-23,26H,8,19-21H2,1-7H3;1H/q+1;/p-1. The summed E-state index contributed by atoms with van der Waals surface area (Å²) in [7, 11) is 4.69. The number of likely N-dealkylation sites (N-methyl/N-ethyl adjacent to an activating group) is 1. The summed E-state index contributed by atoms with van der Waals surface area (Å²) in [6.07, 6.45) is 1.94. The van der Waals surface area contributed by atoms with Crippen LogP contribution in [0, 0.1) is 11.8 Å². The first kappa shape index (κ1) is 27.5. The lowest BCUT2D eigenvalue weighted by Gasteiger charge is -2.51. The van der Waals surface area contributed by atoms with Gasteiger partial charge in [-0.1, -0.05) is 76.2 Å². The molecule has 0 saturated heterocycles. The van der Waals surface area contributed by atoms with Gasteiger partial charge in [-0.05, 0) is 30.9 Å². The van der Waals surface area contributed by atoms with Crippen molar-refractivity contribution in [2.45, 2.75) is 59.3 Å². The van der Waals surface area contributed by atoms with Gasteiger partial charge in [0.05, 0.1) is 14.1 Å². The zero-order valence-corrected chi connectivity index (χ0v) is 21.2. The number of halogens is 1. The Morgan fingerprint density at radius 2 is 1.29 bits per heavy atom. The van der Waals surface area contributed by atoms with Gasteiger partial charge in [0.2, 0.25) is 6.29 Å². The van der Waals surface area contributed by atoms with Crippen molar-refractivity contribution in [3.63, 3.8) is 0 Å². The van der Waals surface area contributed by atoms with Crippen molar-refractivity contribution in [1.82, 2.24) is 0 Å². The van der Waals surface area contributed by atoms with Crippen LogP contribution in [0.3, 0.4) is 0 Å². The third-order valence-electron chi connectivity index (χ3n) is 5.93. The third-order valence-corrected chi connectivity index (χ3v) is 5.93. The molecule has 2 rings (SSSR count). The zero-order valence-electron chi connectivity index (χ0n) is 20.5. The number of benzene rings is 2. The lowest BCUT2D eigenvalue weighted by atomic mass is 9.74. The summed E-state index contributed by atoms with van der Waals surface area (Å²) in [5.41, 5.74) is 1.39. The van der Waals surface area contributed by atoms with E-state index >= 15 is 0 Å². The smallest absolute Gasteiger partial charge is 0.249 e. The number of para-hydroxylation sites is 1. The van der Waals surface area contributed by atoms with E-state index < -0.39 is 0 Å². The molecule has 1 unspecified atom stereocenters. The van der Waals surface area contributed by atoms with Crippen molar-refractivity contribution in [1.29, 1.82) is 0 Å². The summed E-state index contributed by atoms with van der Waals surface area (Å²) in [6.45, 7) is 12.8. The quantitative estimate of drug-likeness (QED) is 0.366. The van der Waals surface area contributed by atoms with E-state index in [0.29, 0.717) is 18.4 Å². The molecule has 0 heterocycles. The molecule has 0 saturated carbocycles. The number of nitrogens with zero attached hydrogens (tertiary/aromatic N) is 1. The molecule has 174 valence electrons. The highest BCUT2D eigenvalue weighted by Crippen LogP contribution is 2.44. The van der Waals surface area contributed by atoms with Crippen LogP contribution in [0.25, 0.3) is 0 Å². The molecule has 0 aliphatic rings. The Morgan fingerprint density at radius 3 is 1.74 bits per heavy atom. The largest absolute Gasteiger partial charge is 1.00 e. The van der Waals surface area contributed by atoms with Gasteiger partial charge in [-0.3, -0.25) is 0 Å². The predicted molar refractivity (Wildman–Crippen MR) is 126 cm³/mol. The van der Waals surface area contributed by atoms with Crippen LogP contribution in [0.4, 0.5) is 0 Å². The van der Waals surface area contributed by atoms with Gasteiger partial charge in [0, 0.05) is 25.0 Å². The van der Waals surface area contributed by atoms with Gasteiger partial charge in [0.25, 0.3) is 0 Å². The first-order valence-electron chi connectivity index (χ1n) is 11.4. The maximum atomic E-state index is 6.29. The summed E-state index contributed by atoms with van der Waals surface area (Å²) in [4.78, 5) is 0. The Kier molecular flexibility index (Phi) is 11.1. The number of hydrogen-bond donors (Lipinski definition) is 0. The van der Waals surface area contributed by atoms with E-state index in [4.69, 9.17) is 9.47 Å². The van der Waals surface area contributed by atoms with Crippen molar-refractivity contribution >= 4 is 0 Å². The van der Waals surface area contributed by atoms with Crippen molar-refractivity contribution in [3.8, 4) is 5.75 Å². The van der Waals surface area contributed by atoms with Crippen molar-refractivity contribution in [3.05, 3.63) is 66.2 Å². The normalized spacial score (nSPS) is 13.2. The SMILES string of the molecule is CCOC(C[N+](C)(C)C(CC(C)C)(CC(C)C)c1ccccc1)Oc1ccccc1.[Cl-]. The van der Waals surface area contributed by atoms with E-state index in [1.807, 2.05) is 37.3 Å². The molecule has 0 amide bonds. The summed E-state index contributed by atoms with van der Waals surface area (Å²) < 4.78 is 13.2. The third kappa shape index (κ3) is 7.52. The minimum absolute atomic E-state index is 0. The molecule has 0 aromatic heterocycles. The van der Waals surface area contributed by atoms with Crippen molar-refractivity contribution in [2.75, 3.05) is 27.2 Å². The van der Waals surface area contributed by atoms with E-state index in [1.54, 1.807) is 0 Å². The Labute approximate surface area is 196 Å². The molecule has 0 aliphatic carbocycles. The molecule has 4 heteroatoms.